The summed E-state index contributed by atoms with van der Waals surface area (Å²) in [5.41, 5.74) is 0. The molecule has 0 aromatic carbocycles. The van der Waals surface area contributed by atoms with Crippen molar-refractivity contribution in [1.29, 1.82) is 0 Å². The predicted octanol–water partition coefficient (Wildman–Crippen LogP) is 0.653. The van der Waals surface area contributed by atoms with Gasteiger partial charge in [0.15, 0.2) is 0 Å². The lowest BCUT2D eigenvalue weighted by Crippen LogP contribution is -2.58. The normalized spacial score (nSPS) is 35.3. The van der Waals surface area contributed by atoms with Crippen LogP contribution in [0.2, 0.25) is 0 Å². The fourth-order valence-electron chi connectivity index (χ4n) is 2.09. The SMILES string of the molecule is CC1CNC(=O)C(CC2CCC2)N1. The summed E-state index contributed by atoms with van der Waals surface area (Å²) in [5, 5.41) is 6.29. The molecule has 2 fully saturated rings. The van der Waals surface area contributed by atoms with E-state index in [4.69, 9.17) is 0 Å². The van der Waals surface area contributed by atoms with Crippen molar-refractivity contribution in [2.75, 3.05) is 6.54 Å². The van der Waals surface area contributed by atoms with E-state index in [1.54, 1.807) is 0 Å². The van der Waals surface area contributed by atoms with Crippen LogP contribution in [0.5, 0.6) is 0 Å². The smallest absolute Gasteiger partial charge is 0.237 e. The largest absolute Gasteiger partial charge is 0.353 e. The molecular formula is C10H18N2O. The Balaban J connectivity index is 1.84. The Morgan fingerprint density at radius 1 is 1.46 bits per heavy atom. The highest BCUT2D eigenvalue weighted by Gasteiger charge is 2.29. The monoisotopic (exact) mass is 182 g/mol. The Hall–Kier alpha value is -0.570. The second-order valence-electron chi connectivity index (χ2n) is 4.40. The van der Waals surface area contributed by atoms with Gasteiger partial charge in [0.25, 0.3) is 0 Å². The first-order chi connectivity index (χ1) is 6.25. The van der Waals surface area contributed by atoms with Gasteiger partial charge in [-0.1, -0.05) is 19.3 Å². The molecule has 2 atom stereocenters. The van der Waals surface area contributed by atoms with Gasteiger partial charge in [0.05, 0.1) is 6.04 Å². The van der Waals surface area contributed by atoms with Crippen LogP contribution in [-0.2, 0) is 4.79 Å². The Morgan fingerprint density at radius 3 is 2.85 bits per heavy atom. The van der Waals surface area contributed by atoms with Gasteiger partial charge in [-0.05, 0) is 19.3 Å². The molecule has 2 aliphatic rings. The van der Waals surface area contributed by atoms with Gasteiger partial charge in [-0.25, -0.2) is 0 Å². The molecule has 0 spiro atoms. The third-order valence-electron chi connectivity index (χ3n) is 3.18. The maximum atomic E-state index is 11.4. The maximum absolute atomic E-state index is 11.4. The van der Waals surface area contributed by atoms with E-state index in [9.17, 15) is 4.79 Å². The van der Waals surface area contributed by atoms with Gasteiger partial charge in [0, 0.05) is 12.6 Å². The van der Waals surface area contributed by atoms with E-state index in [2.05, 4.69) is 17.6 Å². The van der Waals surface area contributed by atoms with Gasteiger partial charge < -0.3 is 10.6 Å². The van der Waals surface area contributed by atoms with E-state index in [1.165, 1.54) is 19.3 Å². The number of nitrogens with one attached hydrogen (secondary N) is 2. The van der Waals surface area contributed by atoms with Crippen molar-refractivity contribution in [3.63, 3.8) is 0 Å². The molecule has 3 heteroatoms. The minimum Gasteiger partial charge on any atom is -0.353 e. The zero-order valence-electron chi connectivity index (χ0n) is 8.18. The van der Waals surface area contributed by atoms with Crippen molar-refractivity contribution in [1.82, 2.24) is 10.6 Å². The Labute approximate surface area is 79.3 Å². The molecule has 13 heavy (non-hydrogen) atoms. The second kappa shape index (κ2) is 3.66. The standard InChI is InChI=1S/C10H18N2O/c1-7-6-11-10(13)9(12-7)5-8-3-2-4-8/h7-9,12H,2-6H2,1H3,(H,11,13). The molecule has 2 rings (SSSR count). The zero-order valence-corrected chi connectivity index (χ0v) is 8.18. The molecule has 1 aliphatic carbocycles. The third-order valence-corrected chi connectivity index (χ3v) is 3.18. The number of piperazine rings is 1. The molecule has 3 nitrogen and oxygen atoms in total. The van der Waals surface area contributed by atoms with Crippen LogP contribution in [0.1, 0.15) is 32.6 Å². The number of carbonyl (C=O) groups excluding carboxylic acids is 1. The molecule has 0 radical (unpaired) electrons. The van der Waals surface area contributed by atoms with Crippen LogP contribution in [0.3, 0.4) is 0 Å². The average Bonchev–Trinajstić information content (AvgIpc) is 2.03. The topological polar surface area (TPSA) is 41.1 Å². The summed E-state index contributed by atoms with van der Waals surface area (Å²) in [6.45, 7) is 2.90. The second-order valence-corrected chi connectivity index (χ2v) is 4.40. The lowest BCUT2D eigenvalue weighted by Gasteiger charge is -2.34. The lowest BCUT2D eigenvalue weighted by molar-refractivity contribution is -0.125. The van der Waals surface area contributed by atoms with Crippen LogP contribution in [0.4, 0.5) is 0 Å². The van der Waals surface area contributed by atoms with Gasteiger partial charge in [-0.15, -0.1) is 0 Å². The molecule has 1 saturated carbocycles. The first-order valence-corrected chi connectivity index (χ1v) is 5.29. The summed E-state index contributed by atoms with van der Waals surface area (Å²) >= 11 is 0. The quantitative estimate of drug-likeness (QED) is 0.658. The number of amides is 1. The van der Waals surface area contributed by atoms with E-state index in [0.29, 0.717) is 6.04 Å². The van der Waals surface area contributed by atoms with Crippen molar-refractivity contribution in [3.8, 4) is 0 Å². The summed E-state index contributed by atoms with van der Waals surface area (Å²) in [4.78, 5) is 11.4. The van der Waals surface area contributed by atoms with Gasteiger partial charge in [0.2, 0.25) is 5.91 Å². The minimum atomic E-state index is 0.0778. The van der Waals surface area contributed by atoms with Crippen LogP contribution < -0.4 is 10.6 Å². The minimum absolute atomic E-state index is 0.0778. The summed E-state index contributed by atoms with van der Waals surface area (Å²) in [7, 11) is 0. The fourth-order valence-corrected chi connectivity index (χ4v) is 2.09. The molecule has 1 aliphatic heterocycles. The molecule has 1 heterocycles. The van der Waals surface area contributed by atoms with Gasteiger partial charge in [0.1, 0.15) is 0 Å². The number of hydrogen-bond donors (Lipinski definition) is 2. The van der Waals surface area contributed by atoms with Crippen LogP contribution in [0.15, 0.2) is 0 Å². The molecule has 74 valence electrons. The van der Waals surface area contributed by atoms with Crippen molar-refractivity contribution >= 4 is 5.91 Å². The number of rotatable bonds is 2. The van der Waals surface area contributed by atoms with E-state index in [-0.39, 0.29) is 11.9 Å². The van der Waals surface area contributed by atoms with Gasteiger partial charge in [-0.2, -0.15) is 0 Å². The molecule has 0 aromatic heterocycles. The van der Waals surface area contributed by atoms with Crippen LogP contribution in [0.25, 0.3) is 0 Å². The first kappa shape index (κ1) is 9.00. The highest BCUT2D eigenvalue weighted by Crippen LogP contribution is 2.30. The van der Waals surface area contributed by atoms with Crippen LogP contribution in [-0.4, -0.2) is 24.5 Å². The van der Waals surface area contributed by atoms with Crippen molar-refractivity contribution in [2.24, 2.45) is 5.92 Å². The third kappa shape index (κ3) is 2.02. The molecule has 2 N–H and O–H groups in total. The Bertz CT molecular complexity index is 201. The Kier molecular flexibility index (Phi) is 2.54. The highest BCUT2D eigenvalue weighted by atomic mass is 16.2. The molecule has 1 saturated heterocycles. The average molecular weight is 182 g/mol. The van der Waals surface area contributed by atoms with Crippen LogP contribution >= 0.6 is 0 Å². The zero-order chi connectivity index (χ0) is 9.26. The van der Waals surface area contributed by atoms with E-state index in [1.807, 2.05) is 0 Å². The summed E-state index contributed by atoms with van der Waals surface area (Å²) < 4.78 is 0. The van der Waals surface area contributed by atoms with Crippen LogP contribution in [0, 0.1) is 5.92 Å². The van der Waals surface area contributed by atoms with Crippen molar-refractivity contribution < 1.29 is 4.79 Å². The molecule has 2 unspecified atom stereocenters. The van der Waals surface area contributed by atoms with Gasteiger partial charge >= 0.3 is 0 Å². The number of hydrogen-bond acceptors (Lipinski definition) is 2. The first-order valence-electron chi connectivity index (χ1n) is 5.29. The van der Waals surface area contributed by atoms with Crippen molar-refractivity contribution in [3.05, 3.63) is 0 Å². The summed E-state index contributed by atoms with van der Waals surface area (Å²) in [6, 6.07) is 0.511. The maximum Gasteiger partial charge on any atom is 0.237 e. The summed E-state index contributed by atoms with van der Waals surface area (Å²) in [6.07, 6.45) is 5.03. The highest BCUT2D eigenvalue weighted by molar-refractivity contribution is 5.82. The molecular weight excluding hydrogens is 164 g/mol. The molecule has 0 bridgehead atoms. The number of carbonyl (C=O) groups is 1. The predicted molar refractivity (Wildman–Crippen MR) is 51.4 cm³/mol. The van der Waals surface area contributed by atoms with E-state index < -0.39 is 0 Å². The lowest BCUT2D eigenvalue weighted by atomic mass is 9.80. The van der Waals surface area contributed by atoms with Gasteiger partial charge in [-0.3, -0.25) is 4.79 Å². The molecule has 0 aromatic rings. The van der Waals surface area contributed by atoms with E-state index >= 15 is 0 Å². The van der Waals surface area contributed by atoms with Crippen molar-refractivity contribution in [2.45, 2.75) is 44.7 Å². The fraction of sp³-hybridized carbons (Fsp3) is 0.900. The van der Waals surface area contributed by atoms with E-state index in [0.717, 1.165) is 18.9 Å². The summed E-state index contributed by atoms with van der Waals surface area (Å²) in [5.74, 6) is 0.999. The molecule has 1 amide bonds. The Morgan fingerprint density at radius 2 is 2.23 bits per heavy atom.